The molecule has 1 aliphatic rings. The van der Waals surface area contributed by atoms with Crippen molar-refractivity contribution in [3.8, 4) is 11.1 Å². The first-order valence-corrected chi connectivity index (χ1v) is 15.7. The molecule has 1 aromatic heterocycles. The highest BCUT2D eigenvalue weighted by Crippen LogP contribution is 2.45. The normalized spacial score (nSPS) is 16.7. The van der Waals surface area contributed by atoms with E-state index in [0.29, 0.717) is 22.3 Å². The number of halogens is 2. The number of nitrogens with one attached hydrogen (secondary N) is 2. The molecular formula is C29H32ClFN3O5S2-. The summed E-state index contributed by atoms with van der Waals surface area (Å²) in [6.45, 7) is 7.17. The molecule has 1 aliphatic carbocycles. The van der Waals surface area contributed by atoms with E-state index in [1.165, 1.54) is 41.0 Å². The number of hydrogen-bond donors (Lipinski definition) is 2. The number of aryl methyl sites for hydroxylation is 1. The number of aromatic nitrogens is 1. The first-order valence-electron chi connectivity index (χ1n) is 13.1. The molecular weight excluding hydrogens is 589 g/mol. The molecule has 8 nitrogen and oxygen atoms in total. The lowest BCUT2D eigenvalue weighted by Gasteiger charge is -2.27. The maximum absolute atomic E-state index is 13.8. The predicted octanol–water partition coefficient (Wildman–Crippen LogP) is 5.02. The van der Waals surface area contributed by atoms with Crippen molar-refractivity contribution in [2.45, 2.75) is 57.4 Å². The second-order valence-corrected chi connectivity index (χ2v) is 14.3. The quantitative estimate of drug-likeness (QED) is 0.244. The van der Waals surface area contributed by atoms with Crippen LogP contribution in [-0.4, -0.2) is 28.1 Å². The van der Waals surface area contributed by atoms with Crippen molar-refractivity contribution in [3.63, 3.8) is 0 Å². The second-order valence-electron chi connectivity index (χ2n) is 11.2. The Morgan fingerprint density at radius 3 is 2.27 bits per heavy atom. The summed E-state index contributed by atoms with van der Waals surface area (Å²) >= 11 is 4.02. The summed E-state index contributed by atoms with van der Waals surface area (Å²) in [5.74, 6) is -0.805. The highest BCUT2D eigenvalue weighted by Gasteiger charge is 2.37. The largest absolute Gasteiger partial charge is 0.760 e. The van der Waals surface area contributed by atoms with Crippen LogP contribution in [-0.2, 0) is 29.3 Å². The highest BCUT2D eigenvalue weighted by molar-refractivity contribution is 7.84. The fourth-order valence-electron chi connectivity index (χ4n) is 4.56. The lowest BCUT2D eigenvalue weighted by molar-refractivity contribution is 0.103. The molecule has 0 saturated heterocycles. The van der Waals surface area contributed by atoms with Crippen LogP contribution in [0.3, 0.4) is 0 Å². The molecule has 3 aromatic rings. The molecule has 220 valence electrons. The van der Waals surface area contributed by atoms with Crippen LogP contribution in [0.1, 0.15) is 79.7 Å². The first-order chi connectivity index (χ1) is 19.2. The van der Waals surface area contributed by atoms with E-state index in [1.807, 2.05) is 20.8 Å². The Bertz CT molecular complexity index is 1580. The molecule has 1 heterocycles. The zero-order valence-electron chi connectivity index (χ0n) is 23.3. The third kappa shape index (κ3) is 7.28. The van der Waals surface area contributed by atoms with E-state index in [4.69, 9.17) is 11.6 Å². The molecule has 0 aliphatic heterocycles. The van der Waals surface area contributed by atoms with E-state index >= 15 is 0 Å². The monoisotopic (exact) mass is 620 g/mol. The lowest BCUT2D eigenvalue weighted by atomic mass is 9.87. The molecule has 4 atom stereocenters. The van der Waals surface area contributed by atoms with Crippen LogP contribution < -0.4 is 15.0 Å². The van der Waals surface area contributed by atoms with E-state index in [9.17, 15) is 27.0 Å². The predicted molar refractivity (Wildman–Crippen MR) is 159 cm³/mol. The number of carbonyl (C=O) groups is 1. The third-order valence-corrected chi connectivity index (χ3v) is 9.45. The van der Waals surface area contributed by atoms with Crippen molar-refractivity contribution in [2.24, 2.45) is 13.0 Å². The standard InChI is InChI=1S/C29H33ClFN3O5S2/c1-16(32-41(38)39)20-12-21(23(13-25(20)30)28(36)18-8-10-19(31)11-9-18)24-15-34(5)26(35)14-22(24)27(17-6-7-17)33-40(37)29(2,3)4/h8-17,27,32-33H,6-7H2,1-5H3,(H,38,39)/p-1/t16?,27-,40?/m0/s1. The number of ketones is 1. The molecule has 41 heavy (non-hydrogen) atoms. The van der Waals surface area contributed by atoms with E-state index in [0.717, 1.165) is 12.8 Å². The van der Waals surface area contributed by atoms with Gasteiger partial charge in [-0.15, -0.1) is 0 Å². The maximum atomic E-state index is 13.8. The van der Waals surface area contributed by atoms with Gasteiger partial charge in [0.05, 0.1) is 15.7 Å². The lowest BCUT2D eigenvalue weighted by Crippen LogP contribution is -2.37. The van der Waals surface area contributed by atoms with E-state index < -0.39 is 50.7 Å². The minimum Gasteiger partial charge on any atom is -0.760 e. The number of rotatable bonds is 10. The van der Waals surface area contributed by atoms with Crippen molar-refractivity contribution >= 4 is 39.6 Å². The molecule has 3 unspecified atom stereocenters. The zero-order valence-corrected chi connectivity index (χ0v) is 25.7. The van der Waals surface area contributed by atoms with Gasteiger partial charge in [0.25, 0.3) is 5.56 Å². The van der Waals surface area contributed by atoms with Gasteiger partial charge in [0, 0.05) is 64.4 Å². The fraction of sp³-hybridized carbons (Fsp3) is 0.379. The molecule has 0 bridgehead atoms. The number of pyridine rings is 1. The summed E-state index contributed by atoms with van der Waals surface area (Å²) in [5, 5.41) is 0.154. The SMILES string of the molecule is CC(NS(=O)[O-])c1cc(-c2cn(C)c(=O)cc2[C@@H](NS(=O)C(C)(C)C)C2CC2)c(C(=O)c2ccc(F)cc2)cc1Cl. The van der Waals surface area contributed by atoms with Gasteiger partial charge in [-0.3, -0.25) is 13.8 Å². The van der Waals surface area contributed by atoms with Gasteiger partial charge in [0.15, 0.2) is 5.78 Å². The van der Waals surface area contributed by atoms with Gasteiger partial charge in [0.2, 0.25) is 0 Å². The first kappa shape index (κ1) is 31.4. The zero-order chi connectivity index (χ0) is 30.2. The molecule has 1 saturated carbocycles. The number of nitrogens with zero attached hydrogens (tertiary/aromatic N) is 1. The van der Waals surface area contributed by atoms with Crippen molar-refractivity contribution in [2.75, 3.05) is 0 Å². The van der Waals surface area contributed by atoms with E-state index in [-0.39, 0.29) is 27.6 Å². The van der Waals surface area contributed by atoms with Gasteiger partial charge < -0.3 is 9.12 Å². The average molecular weight is 621 g/mol. The van der Waals surface area contributed by atoms with Crippen LogP contribution in [0.25, 0.3) is 11.1 Å². The minimum absolute atomic E-state index is 0.124. The Balaban J connectivity index is 1.99. The van der Waals surface area contributed by atoms with Gasteiger partial charge in [-0.2, -0.15) is 0 Å². The van der Waals surface area contributed by atoms with E-state index in [1.54, 1.807) is 26.2 Å². The third-order valence-electron chi connectivity index (χ3n) is 7.00. The smallest absolute Gasteiger partial charge is 0.250 e. The maximum Gasteiger partial charge on any atom is 0.250 e. The van der Waals surface area contributed by atoms with Gasteiger partial charge in [-0.25, -0.2) is 18.0 Å². The molecule has 2 N–H and O–H groups in total. The Morgan fingerprint density at radius 1 is 1.07 bits per heavy atom. The van der Waals surface area contributed by atoms with Crippen LogP contribution in [0.5, 0.6) is 0 Å². The number of hydrogen-bond acceptors (Lipinski definition) is 5. The molecule has 0 spiro atoms. The summed E-state index contributed by atoms with van der Waals surface area (Å²) in [6, 6.07) is 8.51. The van der Waals surface area contributed by atoms with Crippen LogP contribution in [0.15, 0.2) is 53.5 Å². The number of benzene rings is 2. The molecule has 4 rings (SSSR count). The molecule has 0 amide bonds. The Labute approximate surface area is 248 Å². The molecule has 0 radical (unpaired) electrons. The second kappa shape index (κ2) is 12.4. The van der Waals surface area contributed by atoms with Gasteiger partial charge in [-0.1, -0.05) is 11.6 Å². The van der Waals surface area contributed by atoms with Crippen molar-refractivity contribution in [1.82, 2.24) is 14.0 Å². The average Bonchev–Trinajstić information content (AvgIpc) is 3.73. The topological polar surface area (TPSA) is 120 Å². The van der Waals surface area contributed by atoms with Crippen LogP contribution in [0, 0.1) is 11.7 Å². The van der Waals surface area contributed by atoms with Gasteiger partial charge >= 0.3 is 0 Å². The Kier molecular flexibility index (Phi) is 9.47. The minimum atomic E-state index is -2.58. The summed E-state index contributed by atoms with van der Waals surface area (Å²) in [5.41, 5.74) is 2.05. The Hall–Kier alpha value is -2.54. The molecule has 12 heteroatoms. The summed E-state index contributed by atoms with van der Waals surface area (Å²) in [7, 11) is 0.135. The van der Waals surface area contributed by atoms with Crippen molar-refractivity contribution < 1.29 is 22.2 Å². The fourth-order valence-corrected chi connectivity index (χ4v) is 6.21. The molecule has 1 fully saturated rings. The van der Waals surface area contributed by atoms with E-state index in [2.05, 4.69) is 9.44 Å². The van der Waals surface area contributed by atoms with Gasteiger partial charge in [0.1, 0.15) is 5.82 Å². The van der Waals surface area contributed by atoms with Crippen molar-refractivity contribution in [1.29, 1.82) is 0 Å². The van der Waals surface area contributed by atoms with Gasteiger partial charge in [-0.05, 0) is 99.5 Å². The Morgan fingerprint density at radius 2 is 1.71 bits per heavy atom. The summed E-state index contributed by atoms with van der Waals surface area (Å²) < 4.78 is 56.1. The van der Waals surface area contributed by atoms with Crippen molar-refractivity contribution in [3.05, 3.63) is 92.1 Å². The number of carbonyl (C=O) groups excluding carboxylic acids is 1. The van der Waals surface area contributed by atoms with Crippen LogP contribution >= 0.6 is 11.6 Å². The molecule has 2 aromatic carbocycles. The summed E-state index contributed by atoms with van der Waals surface area (Å²) in [6.07, 6.45) is 3.36. The summed E-state index contributed by atoms with van der Waals surface area (Å²) in [4.78, 5) is 26.8. The van der Waals surface area contributed by atoms with Crippen LogP contribution in [0.2, 0.25) is 5.02 Å². The van der Waals surface area contributed by atoms with Crippen LogP contribution in [0.4, 0.5) is 4.39 Å². The highest BCUT2D eigenvalue weighted by atomic mass is 35.5.